The fourth-order valence-corrected chi connectivity index (χ4v) is 1.70. The standard InChI is InChI=1S/C15H14F3N3O/c1-3-11-8-14(21-10(2)20-11)22-12-6-4-5-7-13(19-9-12)15(16,17)18/h4-9H,3H2,1-2H3/b5-4?,6-4+,7-5-,12-6?,12-9+,13-7?,19-9?,19-13-. The van der Waals surface area contributed by atoms with Crippen LogP contribution in [0.1, 0.15) is 18.4 Å². The van der Waals surface area contributed by atoms with Crippen LogP contribution in [0.4, 0.5) is 13.2 Å². The van der Waals surface area contributed by atoms with E-state index in [1.165, 1.54) is 18.2 Å². The Morgan fingerprint density at radius 1 is 1.14 bits per heavy atom. The van der Waals surface area contributed by atoms with Crippen molar-refractivity contribution in [1.29, 1.82) is 0 Å². The van der Waals surface area contributed by atoms with Gasteiger partial charge in [0.15, 0.2) is 0 Å². The molecular formula is C15H14F3N3O. The Bertz CT molecular complexity index is 673. The predicted molar refractivity (Wildman–Crippen MR) is 76.6 cm³/mol. The predicted octanol–water partition coefficient (Wildman–Crippen LogP) is 3.70. The number of alkyl halides is 3. The molecule has 2 rings (SSSR count). The molecule has 7 heteroatoms. The van der Waals surface area contributed by atoms with Gasteiger partial charge in [-0.25, -0.2) is 9.98 Å². The zero-order chi connectivity index (χ0) is 16.2. The second-order valence-corrected chi connectivity index (χ2v) is 4.46. The molecule has 0 atom stereocenters. The van der Waals surface area contributed by atoms with Gasteiger partial charge in [0.2, 0.25) is 5.88 Å². The first-order valence-electron chi connectivity index (χ1n) is 6.61. The van der Waals surface area contributed by atoms with Gasteiger partial charge in [0, 0.05) is 11.8 Å². The van der Waals surface area contributed by atoms with Crippen LogP contribution < -0.4 is 4.74 Å². The first-order valence-corrected chi connectivity index (χ1v) is 6.61. The van der Waals surface area contributed by atoms with Gasteiger partial charge in [-0.1, -0.05) is 19.1 Å². The Morgan fingerprint density at radius 2 is 1.86 bits per heavy atom. The summed E-state index contributed by atoms with van der Waals surface area (Å²) in [6, 6.07) is 1.64. The van der Waals surface area contributed by atoms with Gasteiger partial charge in [0.1, 0.15) is 17.3 Å². The first-order chi connectivity index (χ1) is 10.4. The van der Waals surface area contributed by atoms with Gasteiger partial charge >= 0.3 is 6.18 Å². The maximum atomic E-state index is 12.7. The topological polar surface area (TPSA) is 47.4 Å². The first kappa shape index (κ1) is 15.9. The molecule has 0 saturated carbocycles. The molecule has 0 N–H and O–H groups in total. The summed E-state index contributed by atoms with van der Waals surface area (Å²) in [4.78, 5) is 11.7. The summed E-state index contributed by atoms with van der Waals surface area (Å²) in [5.41, 5.74) is -0.205. The zero-order valence-electron chi connectivity index (χ0n) is 12.1. The normalized spacial score (nSPS) is 22.6. The average molecular weight is 309 g/mol. The second-order valence-electron chi connectivity index (χ2n) is 4.46. The molecule has 1 aromatic rings. The molecule has 1 aliphatic heterocycles. The van der Waals surface area contributed by atoms with E-state index in [1.807, 2.05) is 6.92 Å². The van der Waals surface area contributed by atoms with Gasteiger partial charge in [0.05, 0.1) is 6.20 Å². The number of aromatic nitrogens is 2. The third-order valence-electron chi connectivity index (χ3n) is 2.70. The van der Waals surface area contributed by atoms with Crippen LogP contribution in [0.15, 0.2) is 47.3 Å². The Hall–Kier alpha value is -2.44. The molecule has 2 heterocycles. The highest BCUT2D eigenvalue weighted by molar-refractivity contribution is 6.00. The maximum absolute atomic E-state index is 12.7. The van der Waals surface area contributed by atoms with Crippen LogP contribution in [0.3, 0.4) is 0 Å². The number of aliphatic imine (C=N–C) groups is 1. The number of hydrogen-bond donors (Lipinski definition) is 0. The van der Waals surface area contributed by atoms with Crippen LogP contribution >= 0.6 is 0 Å². The van der Waals surface area contributed by atoms with Crippen LogP contribution in [0, 0.1) is 6.92 Å². The van der Waals surface area contributed by atoms with Crippen molar-refractivity contribution >= 4 is 5.71 Å². The highest BCUT2D eigenvalue weighted by Crippen LogP contribution is 2.20. The molecule has 0 aliphatic carbocycles. The summed E-state index contributed by atoms with van der Waals surface area (Å²) in [6.07, 6.45) is 2.32. The maximum Gasteiger partial charge on any atom is 0.433 e. The number of nitrogens with zero attached hydrogens (tertiary/aromatic N) is 3. The molecule has 116 valence electrons. The van der Waals surface area contributed by atoms with Crippen molar-refractivity contribution in [2.75, 3.05) is 0 Å². The summed E-state index contributed by atoms with van der Waals surface area (Å²) < 4.78 is 43.5. The molecule has 0 bridgehead atoms. The van der Waals surface area contributed by atoms with Crippen LogP contribution in [0.2, 0.25) is 0 Å². The molecule has 0 aromatic carbocycles. The molecule has 22 heavy (non-hydrogen) atoms. The number of rotatable bonds is 3. The van der Waals surface area contributed by atoms with E-state index >= 15 is 0 Å². The van der Waals surface area contributed by atoms with Crippen LogP contribution in [0.5, 0.6) is 5.88 Å². The van der Waals surface area contributed by atoms with Crippen molar-refractivity contribution in [3.63, 3.8) is 0 Å². The Kier molecular flexibility index (Phi) is 4.75. The molecule has 1 aliphatic rings. The van der Waals surface area contributed by atoms with Crippen molar-refractivity contribution in [3.8, 4) is 5.88 Å². The summed E-state index contributed by atoms with van der Waals surface area (Å²) in [7, 11) is 0. The summed E-state index contributed by atoms with van der Waals surface area (Å²) in [5, 5.41) is 0. The monoisotopic (exact) mass is 309 g/mol. The van der Waals surface area contributed by atoms with E-state index in [0.717, 1.165) is 18.0 Å². The minimum atomic E-state index is -4.51. The van der Waals surface area contributed by atoms with Gasteiger partial charge in [-0.2, -0.15) is 18.2 Å². The van der Waals surface area contributed by atoms with Crippen LogP contribution in [-0.2, 0) is 6.42 Å². The van der Waals surface area contributed by atoms with Gasteiger partial charge in [0.25, 0.3) is 0 Å². The van der Waals surface area contributed by atoms with E-state index < -0.39 is 11.9 Å². The van der Waals surface area contributed by atoms with Gasteiger partial charge in [-0.15, -0.1) is 0 Å². The lowest BCUT2D eigenvalue weighted by Gasteiger charge is -2.09. The molecule has 0 saturated heterocycles. The molecule has 0 amide bonds. The van der Waals surface area contributed by atoms with E-state index in [0.29, 0.717) is 12.2 Å². The third kappa shape index (κ3) is 4.28. The minimum Gasteiger partial charge on any atom is -0.437 e. The number of allylic oxidation sites excluding steroid dienone is 4. The summed E-state index contributed by atoms with van der Waals surface area (Å²) >= 11 is 0. The summed E-state index contributed by atoms with van der Waals surface area (Å²) in [5.74, 6) is 0.962. The average Bonchev–Trinajstić information content (AvgIpc) is 2.39. The number of halogens is 3. The molecule has 0 spiro atoms. The minimum absolute atomic E-state index is 0.159. The van der Waals surface area contributed by atoms with Crippen LogP contribution in [-0.4, -0.2) is 21.9 Å². The Morgan fingerprint density at radius 3 is 2.55 bits per heavy atom. The lowest BCUT2D eigenvalue weighted by molar-refractivity contribution is -0.0576. The van der Waals surface area contributed by atoms with E-state index in [9.17, 15) is 13.2 Å². The van der Waals surface area contributed by atoms with E-state index in [2.05, 4.69) is 15.0 Å². The van der Waals surface area contributed by atoms with E-state index in [4.69, 9.17) is 4.74 Å². The lowest BCUT2D eigenvalue weighted by Crippen LogP contribution is -2.20. The second kappa shape index (κ2) is 6.55. The highest BCUT2D eigenvalue weighted by atomic mass is 19.4. The van der Waals surface area contributed by atoms with E-state index in [1.54, 1.807) is 13.0 Å². The third-order valence-corrected chi connectivity index (χ3v) is 2.70. The largest absolute Gasteiger partial charge is 0.437 e. The molecule has 0 radical (unpaired) electrons. The summed E-state index contributed by atoms with van der Waals surface area (Å²) in [6.45, 7) is 3.66. The number of aryl methyl sites for hydroxylation is 2. The molecule has 0 fully saturated rings. The van der Waals surface area contributed by atoms with Crippen molar-refractivity contribution in [2.24, 2.45) is 4.99 Å². The van der Waals surface area contributed by atoms with Crippen molar-refractivity contribution < 1.29 is 17.9 Å². The zero-order valence-corrected chi connectivity index (χ0v) is 12.1. The van der Waals surface area contributed by atoms with E-state index in [-0.39, 0.29) is 11.6 Å². The smallest absolute Gasteiger partial charge is 0.433 e. The molecule has 0 unspecified atom stereocenters. The number of hydrogen-bond acceptors (Lipinski definition) is 4. The van der Waals surface area contributed by atoms with Gasteiger partial charge in [-0.05, 0) is 25.5 Å². The lowest BCUT2D eigenvalue weighted by atomic mass is 10.3. The fourth-order valence-electron chi connectivity index (χ4n) is 1.70. The van der Waals surface area contributed by atoms with Crippen molar-refractivity contribution in [1.82, 2.24) is 9.97 Å². The highest BCUT2D eigenvalue weighted by Gasteiger charge is 2.33. The van der Waals surface area contributed by atoms with Crippen molar-refractivity contribution in [2.45, 2.75) is 26.4 Å². The van der Waals surface area contributed by atoms with Gasteiger partial charge in [-0.3, -0.25) is 0 Å². The van der Waals surface area contributed by atoms with Crippen LogP contribution in [0.25, 0.3) is 0 Å². The van der Waals surface area contributed by atoms with Gasteiger partial charge < -0.3 is 4.74 Å². The molecular weight excluding hydrogens is 295 g/mol. The quantitative estimate of drug-likeness (QED) is 0.855. The molecule has 1 aromatic heterocycles. The SMILES string of the molecule is CCc1cc(OC2=C/N=C(C(F)(F)F)/C=C\C=C\2)nc(C)n1. The molecule has 4 nitrogen and oxygen atoms in total. The Labute approximate surface area is 125 Å². The van der Waals surface area contributed by atoms with Crippen molar-refractivity contribution in [3.05, 3.63) is 53.8 Å². The fraction of sp³-hybridized carbons (Fsp3) is 0.267. The Balaban J connectivity index is 2.27. The number of ether oxygens (including phenoxy) is 1.